The normalized spacial score (nSPS) is 11.1. The first-order valence-electron chi connectivity index (χ1n) is 8.17. The summed E-state index contributed by atoms with van der Waals surface area (Å²) in [5.74, 6) is 2.11. The largest absolute Gasteiger partial charge is 0.497 e. The van der Waals surface area contributed by atoms with E-state index in [1.165, 1.54) is 5.56 Å². The van der Waals surface area contributed by atoms with Gasteiger partial charge >= 0.3 is 0 Å². The van der Waals surface area contributed by atoms with E-state index < -0.39 is 0 Å². The van der Waals surface area contributed by atoms with Gasteiger partial charge in [0, 0.05) is 10.9 Å². The molecule has 0 amide bonds. The van der Waals surface area contributed by atoms with Crippen LogP contribution in [0.2, 0.25) is 0 Å². The zero-order chi connectivity index (χ0) is 17.3. The van der Waals surface area contributed by atoms with Crippen LogP contribution >= 0.6 is 0 Å². The third kappa shape index (κ3) is 2.94. The van der Waals surface area contributed by atoms with E-state index >= 15 is 0 Å². The minimum atomic E-state index is 0.371. The summed E-state index contributed by atoms with van der Waals surface area (Å²) in [7, 11) is 3.39. The first kappa shape index (κ1) is 16.3. The predicted molar refractivity (Wildman–Crippen MR) is 99.1 cm³/mol. The van der Waals surface area contributed by atoms with Crippen molar-refractivity contribution < 1.29 is 9.47 Å². The second kappa shape index (κ2) is 6.52. The van der Waals surface area contributed by atoms with Crippen molar-refractivity contribution in [3.63, 3.8) is 0 Å². The Morgan fingerprint density at radius 3 is 2.38 bits per heavy atom. The first-order chi connectivity index (χ1) is 11.5. The smallest absolute Gasteiger partial charge is 0.122 e. The lowest BCUT2D eigenvalue weighted by atomic mass is 9.94. The molecule has 1 aromatic heterocycles. The topological polar surface area (TPSA) is 31.4 Å². The van der Waals surface area contributed by atoms with Gasteiger partial charge in [0.1, 0.15) is 11.5 Å². The average molecular weight is 321 g/mol. The van der Waals surface area contributed by atoms with Crippen molar-refractivity contribution >= 4 is 10.9 Å². The molecule has 0 bridgehead atoms. The fourth-order valence-corrected chi connectivity index (χ4v) is 2.94. The van der Waals surface area contributed by atoms with Crippen LogP contribution in [0.1, 0.15) is 30.9 Å². The van der Waals surface area contributed by atoms with E-state index in [0.717, 1.165) is 39.2 Å². The molecule has 0 aliphatic rings. The molecule has 3 nitrogen and oxygen atoms in total. The lowest BCUT2D eigenvalue weighted by Gasteiger charge is -2.15. The fraction of sp³-hybridized carbons (Fsp3) is 0.286. The molecule has 1 heterocycles. The molecule has 0 spiro atoms. The molecule has 0 saturated heterocycles. The quantitative estimate of drug-likeness (QED) is 0.649. The van der Waals surface area contributed by atoms with Gasteiger partial charge in [-0.2, -0.15) is 0 Å². The van der Waals surface area contributed by atoms with Gasteiger partial charge in [-0.05, 0) is 54.3 Å². The third-order valence-corrected chi connectivity index (χ3v) is 4.35. The van der Waals surface area contributed by atoms with Crippen molar-refractivity contribution in [2.24, 2.45) is 0 Å². The minimum Gasteiger partial charge on any atom is -0.497 e. The fourth-order valence-electron chi connectivity index (χ4n) is 2.94. The molecular weight excluding hydrogens is 298 g/mol. The number of nitrogens with zero attached hydrogens (tertiary/aromatic N) is 1. The molecule has 0 radical (unpaired) electrons. The molecule has 3 heteroatoms. The highest BCUT2D eigenvalue weighted by molar-refractivity contribution is 5.85. The van der Waals surface area contributed by atoms with Crippen LogP contribution in [0.15, 0.2) is 42.5 Å². The maximum atomic E-state index is 5.48. The molecule has 0 aliphatic heterocycles. The third-order valence-electron chi connectivity index (χ3n) is 4.35. The predicted octanol–water partition coefficient (Wildman–Crippen LogP) is 5.35. The monoisotopic (exact) mass is 321 g/mol. The van der Waals surface area contributed by atoms with Gasteiger partial charge in [-0.25, -0.2) is 4.98 Å². The molecule has 3 rings (SSSR count). The van der Waals surface area contributed by atoms with Gasteiger partial charge in [-0.3, -0.25) is 0 Å². The summed E-state index contributed by atoms with van der Waals surface area (Å²) in [4.78, 5) is 4.94. The van der Waals surface area contributed by atoms with Gasteiger partial charge in [0.2, 0.25) is 0 Å². The maximum absolute atomic E-state index is 5.48. The molecule has 0 saturated carbocycles. The molecule has 24 heavy (non-hydrogen) atoms. The Morgan fingerprint density at radius 2 is 1.71 bits per heavy atom. The van der Waals surface area contributed by atoms with E-state index in [-0.39, 0.29) is 0 Å². The Labute approximate surface area is 143 Å². The lowest BCUT2D eigenvalue weighted by Crippen LogP contribution is -1.98. The minimum absolute atomic E-state index is 0.371. The second-order valence-electron chi connectivity index (χ2n) is 6.32. The van der Waals surface area contributed by atoms with Gasteiger partial charge in [-0.15, -0.1) is 0 Å². The highest BCUT2D eigenvalue weighted by Crippen LogP contribution is 2.34. The van der Waals surface area contributed by atoms with Crippen molar-refractivity contribution in [1.29, 1.82) is 0 Å². The SMILES string of the molecule is COc1ccc2nc(-c3ccc(C)c(OC)c3)c(C(C)C)cc2c1. The summed E-state index contributed by atoms with van der Waals surface area (Å²) in [6.07, 6.45) is 0. The first-order valence-corrected chi connectivity index (χ1v) is 8.17. The van der Waals surface area contributed by atoms with Crippen LogP contribution in [-0.4, -0.2) is 19.2 Å². The molecule has 3 aromatic rings. The highest BCUT2D eigenvalue weighted by atomic mass is 16.5. The summed E-state index contributed by atoms with van der Waals surface area (Å²) in [6, 6.07) is 14.5. The van der Waals surface area contributed by atoms with E-state index in [0.29, 0.717) is 5.92 Å². The number of pyridine rings is 1. The molecule has 0 fully saturated rings. The Hall–Kier alpha value is -2.55. The van der Waals surface area contributed by atoms with E-state index in [1.54, 1.807) is 14.2 Å². The molecule has 0 N–H and O–H groups in total. The number of ether oxygens (including phenoxy) is 2. The van der Waals surface area contributed by atoms with E-state index in [4.69, 9.17) is 14.5 Å². The maximum Gasteiger partial charge on any atom is 0.122 e. The number of hydrogen-bond donors (Lipinski definition) is 0. The van der Waals surface area contributed by atoms with Gasteiger partial charge in [0.25, 0.3) is 0 Å². The molecule has 2 aromatic carbocycles. The number of fused-ring (bicyclic) bond motifs is 1. The van der Waals surface area contributed by atoms with Crippen LogP contribution in [0.4, 0.5) is 0 Å². The van der Waals surface area contributed by atoms with Gasteiger partial charge in [0.05, 0.1) is 25.4 Å². The van der Waals surface area contributed by atoms with Gasteiger partial charge in [-0.1, -0.05) is 26.0 Å². The number of methoxy groups -OCH3 is 2. The van der Waals surface area contributed by atoms with Crippen LogP contribution < -0.4 is 9.47 Å². The van der Waals surface area contributed by atoms with Crippen LogP contribution in [0.3, 0.4) is 0 Å². The number of hydrogen-bond acceptors (Lipinski definition) is 3. The highest BCUT2D eigenvalue weighted by Gasteiger charge is 2.14. The molecule has 0 atom stereocenters. The molecule has 124 valence electrons. The van der Waals surface area contributed by atoms with E-state index in [9.17, 15) is 0 Å². The average Bonchev–Trinajstić information content (AvgIpc) is 2.60. The number of benzene rings is 2. The second-order valence-corrected chi connectivity index (χ2v) is 6.32. The van der Waals surface area contributed by atoms with Crippen LogP contribution in [0, 0.1) is 6.92 Å². The van der Waals surface area contributed by atoms with Crippen LogP contribution in [0.5, 0.6) is 11.5 Å². The molecular formula is C21H23NO2. The Morgan fingerprint density at radius 1 is 0.917 bits per heavy atom. The van der Waals surface area contributed by atoms with E-state index in [2.05, 4.69) is 38.1 Å². The Bertz CT molecular complexity index is 884. The lowest BCUT2D eigenvalue weighted by molar-refractivity contribution is 0.412. The zero-order valence-electron chi connectivity index (χ0n) is 14.9. The summed E-state index contributed by atoms with van der Waals surface area (Å²) < 4.78 is 10.8. The Kier molecular flexibility index (Phi) is 4.43. The van der Waals surface area contributed by atoms with Crippen molar-refractivity contribution in [3.8, 4) is 22.8 Å². The molecule has 0 unspecified atom stereocenters. The van der Waals surface area contributed by atoms with Crippen molar-refractivity contribution in [2.75, 3.05) is 14.2 Å². The van der Waals surface area contributed by atoms with Crippen LogP contribution in [0.25, 0.3) is 22.2 Å². The van der Waals surface area contributed by atoms with Crippen molar-refractivity contribution in [1.82, 2.24) is 4.98 Å². The standard InChI is InChI=1S/C21H23NO2/c1-13(2)18-11-16-10-17(23-4)8-9-19(16)22-21(18)15-7-6-14(3)20(12-15)24-5/h6-13H,1-5H3. The van der Waals surface area contributed by atoms with Gasteiger partial charge in [0.15, 0.2) is 0 Å². The number of aromatic nitrogens is 1. The summed E-state index contributed by atoms with van der Waals surface area (Å²) in [6.45, 7) is 6.43. The van der Waals surface area contributed by atoms with Crippen molar-refractivity contribution in [2.45, 2.75) is 26.7 Å². The summed E-state index contributed by atoms with van der Waals surface area (Å²) in [5, 5.41) is 1.10. The zero-order valence-corrected chi connectivity index (χ0v) is 14.9. The van der Waals surface area contributed by atoms with Gasteiger partial charge < -0.3 is 9.47 Å². The summed E-state index contributed by atoms with van der Waals surface area (Å²) >= 11 is 0. The van der Waals surface area contributed by atoms with Crippen molar-refractivity contribution in [3.05, 3.63) is 53.6 Å². The Balaban J connectivity index is 2.24. The van der Waals surface area contributed by atoms with Crippen LogP contribution in [-0.2, 0) is 0 Å². The molecule has 0 aliphatic carbocycles. The number of aryl methyl sites for hydroxylation is 1. The summed E-state index contributed by atoms with van der Waals surface area (Å²) in [5.41, 5.74) is 5.41. The number of rotatable bonds is 4. The van der Waals surface area contributed by atoms with E-state index in [1.807, 2.05) is 25.1 Å².